The van der Waals surface area contributed by atoms with E-state index in [2.05, 4.69) is 20.8 Å². The fourth-order valence-corrected chi connectivity index (χ4v) is 3.76. The summed E-state index contributed by atoms with van der Waals surface area (Å²) in [4.78, 5) is 17.7. The van der Waals surface area contributed by atoms with E-state index in [1.165, 1.54) is 0 Å². The maximum Gasteiger partial charge on any atom is 0.230 e. The number of β-amino-alcohol motifs (C(OH)–C–C–N with tert-alkyl or cyclic N) is 1. The molecule has 106 valence electrons. The van der Waals surface area contributed by atoms with E-state index >= 15 is 0 Å². The van der Waals surface area contributed by atoms with E-state index in [4.69, 9.17) is 5.11 Å². The van der Waals surface area contributed by atoms with Crippen LogP contribution in [0.15, 0.2) is 15.9 Å². The van der Waals surface area contributed by atoms with Gasteiger partial charge in [0.15, 0.2) is 0 Å². The predicted octanol–water partition coefficient (Wildman–Crippen LogP) is 1.75. The number of halogens is 1. The zero-order valence-electron chi connectivity index (χ0n) is 11.0. The molecule has 0 spiro atoms. The number of thiophene rings is 1. The van der Waals surface area contributed by atoms with Crippen molar-refractivity contribution in [3.8, 4) is 0 Å². The molecule has 1 aromatic rings. The van der Waals surface area contributed by atoms with Crippen LogP contribution in [0.3, 0.4) is 0 Å². The minimum atomic E-state index is -0.0688. The first-order chi connectivity index (χ1) is 9.11. The highest BCUT2D eigenvalue weighted by Crippen LogP contribution is 2.29. The molecule has 0 aliphatic carbocycles. The number of hydrogen-bond donors (Lipinski definition) is 1. The van der Waals surface area contributed by atoms with Gasteiger partial charge in [0.05, 0.1) is 16.3 Å². The molecular formula is C13H19BrN2O2S. The van der Waals surface area contributed by atoms with Crippen molar-refractivity contribution in [1.29, 1.82) is 0 Å². The average Bonchev–Trinajstić information content (AvgIpc) is 2.85. The van der Waals surface area contributed by atoms with Gasteiger partial charge in [0.1, 0.15) is 0 Å². The normalized spacial score (nSPS) is 18.6. The highest BCUT2D eigenvalue weighted by Gasteiger charge is 2.26. The first kappa shape index (κ1) is 15.0. The van der Waals surface area contributed by atoms with Crippen LogP contribution in [0.5, 0.6) is 0 Å². The van der Waals surface area contributed by atoms with Gasteiger partial charge in [0.2, 0.25) is 5.91 Å². The Morgan fingerprint density at radius 2 is 2.11 bits per heavy atom. The zero-order valence-corrected chi connectivity index (χ0v) is 13.4. The van der Waals surface area contributed by atoms with Crippen molar-refractivity contribution in [3.63, 3.8) is 0 Å². The highest BCUT2D eigenvalue weighted by atomic mass is 79.9. The van der Waals surface area contributed by atoms with Crippen LogP contribution >= 0.6 is 27.3 Å². The number of aliphatic hydroxyl groups is 1. The van der Waals surface area contributed by atoms with Crippen LogP contribution in [0.4, 0.5) is 0 Å². The average molecular weight is 347 g/mol. The molecule has 1 amide bonds. The summed E-state index contributed by atoms with van der Waals surface area (Å²) in [7, 11) is 0. The number of carbonyl (C=O) groups excluding carboxylic acids is 1. The van der Waals surface area contributed by atoms with Crippen LogP contribution in [0.25, 0.3) is 0 Å². The highest BCUT2D eigenvalue weighted by molar-refractivity contribution is 9.11. The van der Waals surface area contributed by atoms with Crippen molar-refractivity contribution in [2.75, 3.05) is 39.3 Å². The standard InChI is InChI=1S/C13H19BrN2O2S/c1-10(11-2-3-12(14)19-11)13(18)16-6-4-15(5-7-16)8-9-17/h2-3,10,17H,4-9H2,1H3. The number of nitrogens with zero attached hydrogens (tertiary/aromatic N) is 2. The Bertz CT molecular complexity index is 430. The van der Waals surface area contributed by atoms with E-state index in [0.717, 1.165) is 34.8 Å². The van der Waals surface area contributed by atoms with Crippen molar-refractivity contribution < 1.29 is 9.90 Å². The number of carbonyl (C=O) groups is 1. The maximum absolute atomic E-state index is 12.4. The van der Waals surface area contributed by atoms with Gasteiger partial charge in [-0.3, -0.25) is 9.69 Å². The third-order valence-electron chi connectivity index (χ3n) is 3.49. The van der Waals surface area contributed by atoms with Crippen LogP contribution in [0.2, 0.25) is 0 Å². The third-order valence-corrected chi connectivity index (χ3v) is 5.30. The van der Waals surface area contributed by atoms with Gasteiger partial charge < -0.3 is 10.0 Å². The molecule has 1 atom stereocenters. The molecule has 1 aliphatic heterocycles. The summed E-state index contributed by atoms with van der Waals surface area (Å²) in [5.41, 5.74) is 0. The van der Waals surface area contributed by atoms with E-state index in [1.807, 2.05) is 24.0 Å². The Labute approximate surface area is 126 Å². The lowest BCUT2D eigenvalue weighted by atomic mass is 10.1. The Balaban J connectivity index is 1.90. The van der Waals surface area contributed by atoms with E-state index < -0.39 is 0 Å². The smallest absolute Gasteiger partial charge is 0.230 e. The SMILES string of the molecule is CC(C(=O)N1CCN(CCO)CC1)c1ccc(Br)s1. The Morgan fingerprint density at radius 3 is 2.63 bits per heavy atom. The van der Waals surface area contributed by atoms with Crippen LogP contribution in [0, 0.1) is 0 Å². The van der Waals surface area contributed by atoms with Gasteiger partial charge in [-0.25, -0.2) is 0 Å². The maximum atomic E-state index is 12.4. The quantitative estimate of drug-likeness (QED) is 0.903. The van der Waals surface area contributed by atoms with Gasteiger partial charge >= 0.3 is 0 Å². The molecule has 1 N–H and O–H groups in total. The first-order valence-electron chi connectivity index (χ1n) is 6.49. The van der Waals surface area contributed by atoms with E-state index in [9.17, 15) is 4.79 Å². The summed E-state index contributed by atoms with van der Waals surface area (Å²) in [6.45, 7) is 6.09. The molecule has 1 fully saturated rings. The van der Waals surface area contributed by atoms with Crippen LogP contribution in [-0.4, -0.2) is 60.1 Å². The molecule has 2 heterocycles. The van der Waals surface area contributed by atoms with E-state index in [1.54, 1.807) is 11.3 Å². The molecule has 0 saturated carbocycles. The lowest BCUT2D eigenvalue weighted by Gasteiger charge is -2.35. The minimum Gasteiger partial charge on any atom is -0.395 e. The van der Waals surface area contributed by atoms with Gasteiger partial charge in [-0.2, -0.15) is 0 Å². The summed E-state index contributed by atoms with van der Waals surface area (Å²) in [5, 5.41) is 8.91. The minimum absolute atomic E-state index is 0.0688. The second kappa shape index (κ2) is 6.83. The number of piperazine rings is 1. The molecular weight excluding hydrogens is 328 g/mol. The van der Waals surface area contributed by atoms with Gasteiger partial charge in [0, 0.05) is 37.6 Å². The fourth-order valence-electron chi connectivity index (χ4n) is 2.29. The van der Waals surface area contributed by atoms with Crippen LogP contribution in [-0.2, 0) is 4.79 Å². The Hall–Kier alpha value is -0.430. The molecule has 1 aromatic heterocycles. The summed E-state index contributed by atoms with van der Waals surface area (Å²) in [5.74, 6) is 0.138. The van der Waals surface area contributed by atoms with Crippen molar-refractivity contribution in [2.45, 2.75) is 12.8 Å². The topological polar surface area (TPSA) is 43.8 Å². The lowest BCUT2D eigenvalue weighted by molar-refractivity contribution is -0.134. The van der Waals surface area contributed by atoms with Gasteiger partial charge in [-0.15, -0.1) is 11.3 Å². The van der Waals surface area contributed by atoms with Gasteiger partial charge in [-0.1, -0.05) is 0 Å². The lowest BCUT2D eigenvalue weighted by Crippen LogP contribution is -2.50. The number of aliphatic hydroxyl groups excluding tert-OH is 1. The first-order valence-corrected chi connectivity index (χ1v) is 8.10. The fraction of sp³-hybridized carbons (Fsp3) is 0.615. The van der Waals surface area contributed by atoms with E-state index in [0.29, 0.717) is 6.54 Å². The molecule has 6 heteroatoms. The Kier molecular flexibility index (Phi) is 5.38. The van der Waals surface area contributed by atoms with Crippen molar-refractivity contribution in [2.24, 2.45) is 0 Å². The Morgan fingerprint density at radius 1 is 1.42 bits per heavy atom. The van der Waals surface area contributed by atoms with Crippen LogP contribution in [0.1, 0.15) is 17.7 Å². The van der Waals surface area contributed by atoms with Crippen LogP contribution < -0.4 is 0 Å². The largest absolute Gasteiger partial charge is 0.395 e. The van der Waals surface area contributed by atoms with E-state index in [-0.39, 0.29) is 18.4 Å². The summed E-state index contributed by atoms with van der Waals surface area (Å²) >= 11 is 5.06. The van der Waals surface area contributed by atoms with Crippen molar-refractivity contribution in [1.82, 2.24) is 9.80 Å². The van der Waals surface area contributed by atoms with Gasteiger partial charge in [-0.05, 0) is 35.0 Å². The molecule has 1 unspecified atom stereocenters. The monoisotopic (exact) mass is 346 g/mol. The number of hydrogen-bond acceptors (Lipinski definition) is 4. The molecule has 0 radical (unpaired) electrons. The molecule has 1 saturated heterocycles. The molecule has 1 aliphatic rings. The molecule has 2 rings (SSSR count). The number of rotatable bonds is 4. The second-order valence-corrected chi connectivity index (χ2v) is 7.25. The molecule has 4 nitrogen and oxygen atoms in total. The molecule has 19 heavy (non-hydrogen) atoms. The molecule has 0 bridgehead atoms. The summed E-state index contributed by atoms with van der Waals surface area (Å²) in [6, 6.07) is 4.00. The second-order valence-electron chi connectivity index (χ2n) is 4.75. The zero-order chi connectivity index (χ0) is 13.8. The number of amides is 1. The van der Waals surface area contributed by atoms with Crippen molar-refractivity contribution in [3.05, 3.63) is 20.8 Å². The summed E-state index contributed by atoms with van der Waals surface area (Å²) < 4.78 is 1.06. The molecule has 0 aromatic carbocycles. The predicted molar refractivity (Wildman–Crippen MR) is 80.5 cm³/mol. The van der Waals surface area contributed by atoms with Gasteiger partial charge in [0.25, 0.3) is 0 Å². The van der Waals surface area contributed by atoms with Crippen molar-refractivity contribution >= 4 is 33.2 Å². The third kappa shape index (κ3) is 3.78. The summed E-state index contributed by atoms with van der Waals surface area (Å²) in [6.07, 6.45) is 0.